The number of phenols is 1. The molecule has 27 heavy (non-hydrogen) atoms. The average molecular weight is 395 g/mol. The summed E-state index contributed by atoms with van der Waals surface area (Å²) in [7, 11) is 0. The van der Waals surface area contributed by atoms with E-state index in [1.165, 1.54) is 0 Å². The van der Waals surface area contributed by atoms with Gasteiger partial charge in [-0.15, -0.1) is 0 Å². The first-order chi connectivity index (χ1) is 12.8. The summed E-state index contributed by atoms with van der Waals surface area (Å²) in [6.45, 7) is 1.11. The van der Waals surface area contributed by atoms with Crippen LogP contribution in [0.1, 0.15) is 23.6 Å². The number of aliphatic hydroxyl groups excluding tert-OH is 4. The molecule has 1 unspecified atom stereocenters. The molecule has 3 rings (SSSR count). The van der Waals surface area contributed by atoms with E-state index in [-0.39, 0.29) is 5.75 Å². The van der Waals surface area contributed by atoms with Crippen molar-refractivity contribution in [2.75, 3.05) is 6.61 Å². The van der Waals surface area contributed by atoms with Gasteiger partial charge in [-0.25, -0.2) is 0 Å². The molecule has 0 aliphatic carbocycles. The predicted octanol–water partition coefficient (Wildman–Crippen LogP) is 1.33. The molecule has 0 amide bonds. The monoisotopic (exact) mass is 394 g/mol. The molecule has 0 aromatic heterocycles. The number of benzene rings is 2. The van der Waals surface area contributed by atoms with Crippen LogP contribution in [0.2, 0.25) is 5.02 Å². The van der Waals surface area contributed by atoms with Crippen LogP contribution >= 0.6 is 11.6 Å². The van der Waals surface area contributed by atoms with Crippen LogP contribution in [0.5, 0.6) is 5.75 Å². The van der Waals surface area contributed by atoms with Crippen molar-refractivity contribution in [2.45, 2.75) is 43.4 Å². The molecule has 1 aliphatic rings. The molecule has 1 saturated heterocycles. The van der Waals surface area contributed by atoms with E-state index in [0.29, 0.717) is 17.0 Å². The third-order valence-electron chi connectivity index (χ3n) is 5.14. The second kappa shape index (κ2) is 7.75. The normalized spacial score (nSPS) is 31.0. The molecule has 0 radical (unpaired) electrons. The van der Waals surface area contributed by atoms with Crippen LogP contribution in [0.4, 0.5) is 0 Å². The minimum absolute atomic E-state index is 0.174. The Morgan fingerprint density at radius 1 is 1.04 bits per heavy atom. The van der Waals surface area contributed by atoms with Crippen LogP contribution in [0, 0.1) is 0 Å². The largest absolute Gasteiger partial charge is 0.508 e. The highest BCUT2D eigenvalue weighted by atomic mass is 35.5. The zero-order valence-electron chi connectivity index (χ0n) is 14.8. The van der Waals surface area contributed by atoms with Crippen LogP contribution in [0.15, 0.2) is 42.5 Å². The number of halogens is 1. The Kier molecular flexibility index (Phi) is 5.76. The Hall–Kier alpha value is -1.67. The lowest BCUT2D eigenvalue weighted by Crippen LogP contribution is -2.62. The van der Waals surface area contributed by atoms with Gasteiger partial charge in [0, 0.05) is 5.02 Å². The van der Waals surface area contributed by atoms with Gasteiger partial charge in [0.1, 0.15) is 35.8 Å². The maximum Gasteiger partial charge on any atom is 0.119 e. The van der Waals surface area contributed by atoms with Crippen LogP contribution in [-0.2, 0) is 16.8 Å². The molecule has 2 aromatic carbocycles. The second-order valence-corrected chi connectivity index (χ2v) is 7.43. The van der Waals surface area contributed by atoms with Crippen LogP contribution < -0.4 is 0 Å². The zero-order chi connectivity index (χ0) is 19.8. The van der Waals surface area contributed by atoms with Crippen LogP contribution in [0.25, 0.3) is 0 Å². The third kappa shape index (κ3) is 3.82. The van der Waals surface area contributed by atoms with E-state index in [4.69, 9.17) is 16.3 Å². The lowest BCUT2D eigenvalue weighted by molar-refractivity contribution is -0.273. The summed E-state index contributed by atoms with van der Waals surface area (Å²) in [5, 5.41) is 50.1. The maximum atomic E-state index is 10.5. The summed E-state index contributed by atoms with van der Waals surface area (Å²) in [5.74, 6) is 0.174. The van der Waals surface area contributed by atoms with E-state index in [2.05, 4.69) is 0 Å². The Balaban J connectivity index is 1.95. The summed E-state index contributed by atoms with van der Waals surface area (Å²) < 4.78 is 5.78. The summed E-state index contributed by atoms with van der Waals surface area (Å²) >= 11 is 6.32. The standard InChI is InChI=1S/C20H23ClO6/c1-20(19(26)18(25)17(24)16(10-22)27-20)13-4-7-15(21)12(9-13)8-11-2-5-14(23)6-3-11/h2-7,9,16-19,22-26H,8,10H2,1H3/t16-,17-,18+,19-,20?/m1/s1. The van der Waals surface area contributed by atoms with Crippen molar-refractivity contribution in [3.63, 3.8) is 0 Å². The number of hydrogen-bond donors (Lipinski definition) is 5. The highest BCUT2D eigenvalue weighted by molar-refractivity contribution is 6.31. The molecule has 1 aliphatic heterocycles. The van der Waals surface area contributed by atoms with Gasteiger partial charge in [0.25, 0.3) is 0 Å². The number of phenolic OH excluding ortho intramolecular Hbond substituents is 1. The van der Waals surface area contributed by atoms with Gasteiger partial charge in [-0.2, -0.15) is 0 Å². The van der Waals surface area contributed by atoms with E-state index >= 15 is 0 Å². The van der Waals surface area contributed by atoms with Gasteiger partial charge in [0.2, 0.25) is 0 Å². The fourth-order valence-corrected chi connectivity index (χ4v) is 3.61. The number of ether oxygens (including phenoxy) is 1. The van der Waals surface area contributed by atoms with E-state index in [1.807, 2.05) is 0 Å². The van der Waals surface area contributed by atoms with Crippen molar-refractivity contribution in [3.8, 4) is 5.75 Å². The van der Waals surface area contributed by atoms with E-state index in [0.717, 1.165) is 11.1 Å². The molecule has 146 valence electrons. The molecule has 5 atom stereocenters. The van der Waals surface area contributed by atoms with Gasteiger partial charge in [-0.1, -0.05) is 35.9 Å². The van der Waals surface area contributed by atoms with Crippen molar-refractivity contribution >= 4 is 11.6 Å². The molecule has 6 nitrogen and oxygen atoms in total. The molecule has 5 N–H and O–H groups in total. The first-order valence-corrected chi connectivity index (χ1v) is 9.03. The minimum atomic E-state index is -1.46. The Bertz CT molecular complexity index is 794. The molecular formula is C20H23ClO6. The van der Waals surface area contributed by atoms with E-state index in [9.17, 15) is 25.5 Å². The van der Waals surface area contributed by atoms with E-state index < -0.39 is 36.6 Å². The molecule has 0 saturated carbocycles. The topological polar surface area (TPSA) is 110 Å². The third-order valence-corrected chi connectivity index (χ3v) is 5.51. The molecule has 1 fully saturated rings. The number of rotatable bonds is 4. The van der Waals surface area contributed by atoms with Gasteiger partial charge in [0.15, 0.2) is 0 Å². The van der Waals surface area contributed by atoms with Crippen molar-refractivity contribution in [3.05, 3.63) is 64.2 Å². The zero-order valence-corrected chi connectivity index (χ0v) is 15.5. The fourth-order valence-electron chi connectivity index (χ4n) is 3.42. The summed E-state index contributed by atoms with van der Waals surface area (Å²) in [6.07, 6.45) is -4.77. The van der Waals surface area contributed by atoms with Crippen molar-refractivity contribution in [1.29, 1.82) is 0 Å². The fraction of sp³-hybridized carbons (Fsp3) is 0.400. The first kappa shape index (κ1) is 20.1. The number of hydrogen-bond acceptors (Lipinski definition) is 6. The Labute approximate surface area is 162 Å². The number of aromatic hydroxyl groups is 1. The van der Waals surface area contributed by atoms with Crippen molar-refractivity contribution in [2.24, 2.45) is 0 Å². The van der Waals surface area contributed by atoms with Gasteiger partial charge < -0.3 is 30.3 Å². The van der Waals surface area contributed by atoms with Gasteiger partial charge >= 0.3 is 0 Å². The second-order valence-electron chi connectivity index (χ2n) is 7.02. The highest BCUT2D eigenvalue weighted by Gasteiger charge is 2.51. The quantitative estimate of drug-likeness (QED) is 0.535. The van der Waals surface area contributed by atoms with Crippen LogP contribution in [-0.4, -0.2) is 56.6 Å². The van der Waals surface area contributed by atoms with E-state index in [1.54, 1.807) is 49.4 Å². The first-order valence-electron chi connectivity index (χ1n) is 8.66. The summed E-state index contributed by atoms with van der Waals surface area (Å²) in [6, 6.07) is 11.9. The molecular weight excluding hydrogens is 372 g/mol. The van der Waals surface area contributed by atoms with Crippen molar-refractivity contribution in [1.82, 2.24) is 0 Å². The molecule has 2 aromatic rings. The van der Waals surface area contributed by atoms with Crippen LogP contribution in [0.3, 0.4) is 0 Å². The highest BCUT2D eigenvalue weighted by Crippen LogP contribution is 2.39. The maximum absolute atomic E-state index is 10.5. The van der Waals surface area contributed by atoms with Gasteiger partial charge in [-0.3, -0.25) is 0 Å². The minimum Gasteiger partial charge on any atom is -0.508 e. The Morgan fingerprint density at radius 3 is 2.33 bits per heavy atom. The molecule has 0 bridgehead atoms. The lowest BCUT2D eigenvalue weighted by Gasteiger charge is -2.47. The summed E-state index contributed by atoms with van der Waals surface area (Å²) in [5.41, 5.74) is 0.946. The van der Waals surface area contributed by atoms with Gasteiger partial charge in [-0.05, 0) is 48.2 Å². The lowest BCUT2D eigenvalue weighted by atomic mass is 9.80. The SMILES string of the molecule is CC1(c2ccc(Cl)c(Cc3ccc(O)cc3)c2)O[C@H](CO)[C@@H](O)[C@H](O)[C@H]1O. The summed E-state index contributed by atoms with van der Waals surface area (Å²) in [4.78, 5) is 0. The Morgan fingerprint density at radius 2 is 1.70 bits per heavy atom. The smallest absolute Gasteiger partial charge is 0.119 e. The molecule has 7 heteroatoms. The molecule has 1 heterocycles. The number of aliphatic hydroxyl groups is 4. The van der Waals surface area contributed by atoms with Crippen molar-refractivity contribution < 1.29 is 30.3 Å². The van der Waals surface area contributed by atoms with Gasteiger partial charge in [0.05, 0.1) is 6.61 Å². The average Bonchev–Trinajstić information content (AvgIpc) is 2.66. The molecule has 0 spiro atoms. The predicted molar refractivity (Wildman–Crippen MR) is 99.7 cm³/mol.